The van der Waals surface area contributed by atoms with Crippen molar-refractivity contribution in [1.82, 2.24) is 9.88 Å². The normalized spacial score (nSPS) is 12.4. The van der Waals surface area contributed by atoms with E-state index in [1.54, 1.807) is 19.4 Å². The highest BCUT2D eigenvalue weighted by atomic mass is 16.5. The number of pyridine rings is 1. The Morgan fingerprint density at radius 3 is 2.71 bits per heavy atom. The fourth-order valence-corrected chi connectivity index (χ4v) is 2.61. The zero-order valence-electron chi connectivity index (χ0n) is 12.8. The number of hydrogen-bond donors (Lipinski definition) is 1. The van der Waals surface area contributed by atoms with Gasteiger partial charge in [0.2, 0.25) is 0 Å². The molecule has 4 nitrogen and oxygen atoms in total. The van der Waals surface area contributed by atoms with Gasteiger partial charge in [0, 0.05) is 30.5 Å². The lowest BCUT2D eigenvalue weighted by Gasteiger charge is -2.27. The fourth-order valence-electron chi connectivity index (χ4n) is 2.61. The van der Waals surface area contributed by atoms with Gasteiger partial charge in [-0.3, -0.25) is 9.88 Å². The summed E-state index contributed by atoms with van der Waals surface area (Å²) in [5, 5.41) is 10.2. The van der Waals surface area contributed by atoms with Gasteiger partial charge < -0.3 is 9.84 Å². The second kappa shape index (κ2) is 7.09. The maximum Gasteiger partial charge on any atom is 0.162 e. The van der Waals surface area contributed by atoms with E-state index < -0.39 is 0 Å². The van der Waals surface area contributed by atoms with Gasteiger partial charge in [-0.15, -0.1) is 0 Å². The molecule has 1 N–H and O–H groups in total. The molecule has 2 aromatic rings. The van der Waals surface area contributed by atoms with Crippen molar-refractivity contribution in [3.8, 4) is 11.5 Å². The van der Waals surface area contributed by atoms with E-state index in [1.165, 1.54) is 5.56 Å². The Balaban J connectivity index is 2.18. The number of phenolic OH excluding ortho intramolecular Hbond substituents is 1. The van der Waals surface area contributed by atoms with Crippen molar-refractivity contribution < 1.29 is 9.84 Å². The van der Waals surface area contributed by atoms with Crippen molar-refractivity contribution >= 4 is 0 Å². The molecule has 0 saturated heterocycles. The Bertz CT molecular complexity index is 572. The molecule has 21 heavy (non-hydrogen) atoms. The first kappa shape index (κ1) is 15.3. The van der Waals surface area contributed by atoms with E-state index in [9.17, 15) is 5.11 Å². The first-order valence-corrected chi connectivity index (χ1v) is 7.12. The summed E-state index contributed by atoms with van der Waals surface area (Å²) < 4.78 is 5.16. The average Bonchev–Trinajstić information content (AvgIpc) is 2.51. The van der Waals surface area contributed by atoms with Gasteiger partial charge in [0.25, 0.3) is 0 Å². The first-order chi connectivity index (χ1) is 10.2. The van der Waals surface area contributed by atoms with Crippen molar-refractivity contribution in [2.45, 2.75) is 25.9 Å². The van der Waals surface area contributed by atoms with Gasteiger partial charge in [-0.05, 0) is 31.2 Å². The second-order valence-electron chi connectivity index (χ2n) is 5.09. The van der Waals surface area contributed by atoms with Gasteiger partial charge in [0.15, 0.2) is 11.5 Å². The van der Waals surface area contributed by atoms with Crippen LogP contribution < -0.4 is 4.74 Å². The third kappa shape index (κ3) is 3.52. The number of nitrogens with zero attached hydrogens (tertiary/aromatic N) is 2. The molecule has 1 aromatic carbocycles. The molecule has 0 bridgehead atoms. The molecular weight excluding hydrogens is 264 g/mol. The van der Waals surface area contributed by atoms with Gasteiger partial charge in [0.1, 0.15) is 0 Å². The molecule has 1 atom stereocenters. The number of hydrogen-bond acceptors (Lipinski definition) is 4. The van der Waals surface area contributed by atoms with Crippen molar-refractivity contribution in [3.05, 3.63) is 53.9 Å². The first-order valence-electron chi connectivity index (χ1n) is 7.12. The number of benzene rings is 1. The molecule has 1 aromatic heterocycles. The van der Waals surface area contributed by atoms with Crippen LogP contribution in [0.15, 0.2) is 42.7 Å². The van der Waals surface area contributed by atoms with Gasteiger partial charge >= 0.3 is 0 Å². The molecule has 0 radical (unpaired) electrons. The van der Waals surface area contributed by atoms with E-state index in [2.05, 4.69) is 29.9 Å². The Hall–Kier alpha value is -2.07. The van der Waals surface area contributed by atoms with Crippen LogP contribution in [0.3, 0.4) is 0 Å². The van der Waals surface area contributed by atoms with Crippen LogP contribution in [0.4, 0.5) is 0 Å². The Morgan fingerprint density at radius 1 is 1.29 bits per heavy atom. The quantitative estimate of drug-likeness (QED) is 0.884. The van der Waals surface area contributed by atoms with Gasteiger partial charge in [-0.1, -0.05) is 25.1 Å². The predicted octanol–water partition coefficient (Wildman–Crippen LogP) is 3.38. The Labute approximate surface area is 126 Å². The van der Waals surface area contributed by atoms with E-state index in [1.807, 2.05) is 24.4 Å². The molecule has 4 heteroatoms. The van der Waals surface area contributed by atoms with E-state index in [0.717, 1.165) is 12.0 Å². The third-order valence-electron chi connectivity index (χ3n) is 3.71. The van der Waals surface area contributed by atoms with Crippen LogP contribution in [0.5, 0.6) is 11.5 Å². The van der Waals surface area contributed by atoms with Crippen LogP contribution in [-0.4, -0.2) is 29.1 Å². The standard InChI is InChI=1S/C17H22N2O2/c1-4-15(13-8-6-10-18-11-13)19(2)12-14-7-5-9-16(21-3)17(14)20/h5-11,15,20H,4,12H2,1-3H3/t15-/m0/s1. The topological polar surface area (TPSA) is 45.6 Å². The smallest absolute Gasteiger partial charge is 0.162 e. The minimum absolute atomic E-state index is 0.216. The summed E-state index contributed by atoms with van der Waals surface area (Å²) in [5.41, 5.74) is 2.05. The number of rotatable bonds is 6. The monoisotopic (exact) mass is 286 g/mol. The maximum atomic E-state index is 10.2. The zero-order valence-corrected chi connectivity index (χ0v) is 12.8. The molecule has 0 spiro atoms. The molecule has 1 heterocycles. The van der Waals surface area contributed by atoms with Crippen molar-refractivity contribution in [1.29, 1.82) is 0 Å². The summed E-state index contributed by atoms with van der Waals surface area (Å²) >= 11 is 0. The predicted molar refractivity (Wildman–Crippen MR) is 83.4 cm³/mol. The number of para-hydroxylation sites is 1. The Kier molecular flexibility index (Phi) is 5.17. The molecular formula is C17H22N2O2. The van der Waals surface area contributed by atoms with Crippen LogP contribution in [-0.2, 0) is 6.54 Å². The molecule has 0 fully saturated rings. The summed E-state index contributed by atoms with van der Waals surface area (Å²) in [6.45, 7) is 2.80. The van der Waals surface area contributed by atoms with Gasteiger partial charge in [0.05, 0.1) is 7.11 Å². The minimum Gasteiger partial charge on any atom is -0.504 e. The summed E-state index contributed by atoms with van der Waals surface area (Å²) in [5.74, 6) is 0.725. The van der Waals surface area contributed by atoms with Crippen molar-refractivity contribution in [3.63, 3.8) is 0 Å². The number of phenols is 1. The lowest BCUT2D eigenvalue weighted by atomic mass is 10.0. The third-order valence-corrected chi connectivity index (χ3v) is 3.71. The highest BCUT2D eigenvalue weighted by Gasteiger charge is 2.17. The van der Waals surface area contributed by atoms with E-state index in [0.29, 0.717) is 12.3 Å². The number of aromatic hydroxyl groups is 1. The van der Waals surface area contributed by atoms with Crippen LogP contribution in [0.25, 0.3) is 0 Å². The summed E-state index contributed by atoms with van der Waals surface area (Å²) in [6.07, 6.45) is 4.66. The summed E-state index contributed by atoms with van der Waals surface area (Å²) in [7, 11) is 3.62. The largest absolute Gasteiger partial charge is 0.504 e. The lowest BCUT2D eigenvalue weighted by Crippen LogP contribution is -2.24. The molecule has 0 aliphatic heterocycles. The van der Waals surface area contributed by atoms with Crippen molar-refractivity contribution in [2.24, 2.45) is 0 Å². The molecule has 0 amide bonds. The van der Waals surface area contributed by atoms with Gasteiger partial charge in [-0.25, -0.2) is 0 Å². The fraction of sp³-hybridized carbons (Fsp3) is 0.353. The van der Waals surface area contributed by atoms with Crippen LogP contribution >= 0.6 is 0 Å². The highest BCUT2D eigenvalue weighted by Crippen LogP contribution is 2.32. The van der Waals surface area contributed by atoms with Crippen molar-refractivity contribution in [2.75, 3.05) is 14.2 Å². The molecule has 0 aliphatic rings. The number of methoxy groups -OCH3 is 1. The average molecular weight is 286 g/mol. The molecule has 0 saturated carbocycles. The molecule has 112 valence electrons. The second-order valence-corrected chi connectivity index (χ2v) is 5.09. The van der Waals surface area contributed by atoms with E-state index >= 15 is 0 Å². The molecule has 2 rings (SSSR count). The minimum atomic E-state index is 0.216. The lowest BCUT2D eigenvalue weighted by molar-refractivity contribution is 0.226. The zero-order chi connectivity index (χ0) is 15.2. The van der Waals surface area contributed by atoms with Crippen LogP contribution in [0, 0.1) is 0 Å². The van der Waals surface area contributed by atoms with E-state index in [-0.39, 0.29) is 11.8 Å². The van der Waals surface area contributed by atoms with E-state index in [4.69, 9.17) is 4.74 Å². The number of aromatic nitrogens is 1. The van der Waals surface area contributed by atoms with Crippen LogP contribution in [0.1, 0.15) is 30.5 Å². The highest BCUT2D eigenvalue weighted by molar-refractivity contribution is 5.45. The Morgan fingerprint density at radius 2 is 2.10 bits per heavy atom. The van der Waals surface area contributed by atoms with Gasteiger partial charge in [-0.2, -0.15) is 0 Å². The number of ether oxygens (including phenoxy) is 1. The molecule has 0 unspecified atom stereocenters. The maximum absolute atomic E-state index is 10.2. The SMILES string of the molecule is CC[C@@H](c1cccnc1)N(C)Cc1cccc(OC)c1O. The molecule has 0 aliphatic carbocycles. The van der Waals surface area contributed by atoms with Crippen LogP contribution in [0.2, 0.25) is 0 Å². The summed E-state index contributed by atoms with van der Waals surface area (Å²) in [4.78, 5) is 6.41. The summed E-state index contributed by atoms with van der Waals surface area (Å²) in [6, 6.07) is 9.89.